The van der Waals surface area contributed by atoms with E-state index in [4.69, 9.17) is 0 Å². The minimum absolute atomic E-state index is 0.0213. The molecule has 1 amide bonds. The van der Waals surface area contributed by atoms with E-state index in [1.807, 2.05) is 32.2 Å². The largest absolute Gasteiger partial charge is 0.387 e. The molecular formula is C17H28N2O. The number of hydrogen-bond donors (Lipinski definition) is 2. The Morgan fingerprint density at radius 3 is 2.65 bits per heavy atom. The number of carbonyl (C=O) groups excluding carboxylic acids is 1. The van der Waals surface area contributed by atoms with Crippen molar-refractivity contribution >= 4 is 11.6 Å². The van der Waals surface area contributed by atoms with Crippen LogP contribution in [0, 0.1) is 12.8 Å². The van der Waals surface area contributed by atoms with E-state index in [2.05, 4.69) is 24.5 Å². The topological polar surface area (TPSA) is 41.1 Å². The summed E-state index contributed by atoms with van der Waals surface area (Å²) in [5.41, 5.74) is 2.72. The molecule has 0 aliphatic carbocycles. The molecule has 0 radical (unpaired) electrons. The lowest BCUT2D eigenvalue weighted by Gasteiger charge is -2.16. The van der Waals surface area contributed by atoms with Crippen LogP contribution in [0.1, 0.15) is 55.5 Å². The van der Waals surface area contributed by atoms with Crippen molar-refractivity contribution < 1.29 is 4.79 Å². The molecule has 3 nitrogen and oxygen atoms in total. The van der Waals surface area contributed by atoms with Crippen LogP contribution >= 0.6 is 0 Å². The molecule has 112 valence electrons. The molecule has 0 aliphatic heterocycles. The van der Waals surface area contributed by atoms with Crippen molar-refractivity contribution in [1.29, 1.82) is 0 Å². The summed E-state index contributed by atoms with van der Waals surface area (Å²) in [6.45, 7) is 7.17. The highest BCUT2D eigenvalue weighted by molar-refractivity contribution is 5.99. The molecule has 0 fully saturated rings. The van der Waals surface area contributed by atoms with Crippen molar-refractivity contribution in [3.63, 3.8) is 0 Å². The molecule has 0 spiro atoms. The third kappa shape index (κ3) is 4.87. The molecule has 20 heavy (non-hydrogen) atoms. The second-order valence-electron chi connectivity index (χ2n) is 5.43. The van der Waals surface area contributed by atoms with Crippen LogP contribution in [0.3, 0.4) is 0 Å². The van der Waals surface area contributed by atoms with Gasteiger partial charge in [0.1, 0.15) is 0 Å². The first kappa shape index (κ1) is 16.5. The molecule has 0 aromatic heterocycles. The first-order valence-corrected chi connectivity index (χ1v) is 7.68. The maximum absolute atomic E-state index is 12.3. The van der Waals surface area contributed by atoms with Gasteiger partial charge in [0.25, 0.3) is 5.91 Å². The van der Waals surface area contributed by atoms with E-state index in [1.54, 1.807) is 0 Å². The molecule has 0 aliphatic rings. The van der Waals surface area contributed by atoms with E-state index in [0.717, 1.165) is 29.8 Å². The van der Waals surface area contributed by atoms with E-state index in [9.17, 15) is 4.79 Å². The van der Waals surface area contributed by atoms with Gasteiger partial charge in [0.15, 0.2) is 0 Å². The lowest BCUT2D eigenvalue weighted by molar-refractivity contribution is 0.0946. The zero-order valence-corrected chi connectivity index (χ0v) is 13.3. The molecule has 1 unspecified atom stereocenters. The molecule has 2 N–H and O–H groups in total. The van der Waals surface area contributed by atoms with Gasteiger partial charge in [-0.25, -0.2) is 0 Å². The van der Waals surface area contributed by atoms with Gasteiger partial charge in [-0.3, -0.25) is 4.79 Å². The second-order valence-corrected chi connectivity index (χ2v) is 5.43. The van der Waals surface area contributed by atoms with Crippen LogP contribution in [0.4, 0.5) is 5.69 Å². The zero-order chi connectivity index (χ0) is 15.0. The third-order valence-corrected chi connectivity index (χ3v) is 3.78. The predicted octanol–water partition coefficient (Wildman–Crippen LogP) is 3.98. The van der Waals surface area contributed by atoms with E-state index >= 15 is 0 Å². The summed E-state index contributed by atoms with van der Waals surface area (Å²) < 4.78 is 0. The molecular weight excluding hydrogens is 248 g/mol. The first-order valence-electron chi connectivity index (χ1n) is 7.68. The quantitative estimate of drug-likeness (QED) is 0.754. The Morgan fingerprint density at radius 2 is 2.05 bits per heavy atom. The van der Waals surface area contributed by atoms with Crippen LogP contribution < -0.4 is 10.6 Å². The highest BCUT2D eigenvalue weighted by Gasteiger charge is 2.13. The number of hydrogen-bond acceptors (Lipinski definition) is 2. The summed E-state index contributed by atoms with van der Waals surface area (Å²) in [4.78, 5) is 12.3. The third-order valence-electron chi connectivity index (χ3n) is 3.78. The number of aryl methyl sites for hydroxylation is 1. The van der Waals surface area contributed by atoms with E-state index in [0.29, 0.717) is 5.92 Å². The number of unbranched alkanes of at least 4 members (excludes halogenated alkanes) is 1. The van der Waals surface area contributed by atoms with Gasteiger partial charge in [-0.2, -0.15) is 0 Å². The molecule has 0 bridgehead atoms. The van der Waals surface area contributed by atoms with Crippen molar-refractivity contribution in [2.75, 3.05) is 18.9 Å². The van der Waals surface area contributed by atoms with Crippen LogP contribution in [0.2, 0.25) is 0 Å². The van der Waals surface area contributed by atoms with Gasteiger partial charge >= 0.3 is 0 Å². The van der Waals surface area contributed by atoms with Crippen LogP contribution in [-0.4, -0.2) is 19.5 Å². The van der Waals surface area contributed by atoms with E-state index in [-0.39, 0.29) is 5.91 Å². The van der Waals surface area contributed by atoms with Crippen LogP contribution in [-0.2, 0) is 0 Å². The Labute approximate surface area is 123 Å². The van der Waals surface area contributed by atoms with Crippen LogP contribution in [0.25, 0.3) is 0 Å². The van der Waals surface area contributed by atoms with E-state index < -0.39 is 0 Å². The van der Waals surface area contributed by atoms with Crippen molar-refractivity contribution in [3.05, 3.63) is 29.3 Å². The van der Waals surface area contributed by atoms with Gasteiger partial charge in [0, 0.05) is 19.3 Å². The highest BCUT2D eigenvalue weighted by Crippen LogP contribution is 2.17. The standard InChI is InChI=1S/C17H28N2O/c1-5-7-8-14(6-2)12-19-17(20)15-11-13(3)9-10-16(15)18-4/h9-11,14,18H,5-8,12H2,1-4H3,(H,19,20). The molecule has 1 aromatic carbocycles. The molecule has 3 heteroatoms. The average molecular weight is 276 g/mol. The van der Waals surface area contributed by atoms with Gasteiger partial charge in [-0.1, -0.05) is 44.7 Å². The number of benzene rings is 1. The smallest absolute Gasteiger partial charge is 0.253 e. The average Bonchev–Trinajstić information content (AvgIpc) is 2.47. The van der Waals surface area contributed by atoms with Gasteiger partial charge in [0.05, 0.1) is 5.56 Å². The van der Waals surface area contributed by atoms with Gasteiger partial charge in [-0.15, -0.1) is 0 Å². The molecule has 1 rings (SSSR count). The lowest BCUT2D eigenvalue weighted by atomic mass is 9.99. The van der Waals surface area contributed by atoms with Crippen molar-refractivity contribution in [2.45, 2.75) is 46.5 Å². The maximum atomic E-state index is 12.3. The lowest BCUT2D eigenvalue weighted by Crippen LogP contribution is -2.29. The normalized spacial score (nSPS) is 12.0. The number of rotatable bonds is 8. The fourth-order valence-corrected chi connectivity index (χ4v) is 2.34. The SMILES string of the molecule is CCCCC(CC)CNC(=O)c1cc(C)ccc1NC. The maximum Gasteiger partial charge on any atom is 0.253 e. The Hall–Kier alpha value is -1.51. The summed E-state index contributed by atoms with van der Waals surface area (Å²) in [7, 11) is 1.84. The summed E-state index contributed by atoms with van der Waals surface area (Å²) in [6, 6.07) is 5.91. The minimum atomic E-state index is 0.0213. The Kier molecular flexibility index (Phi) is 7.13. The molecule has 0 saturated heterocycles. The van der Waals surface area contributed by atoms with Crippen molar-refractivity contribution in [1.82, 2.24) is 5.32 Å². The molecule has 1 aromatic rings. The number of carbonyl (C=O) groups is 1. The van der Waals surface area contributed by atoms with Gasteiger partial charge < -0.3 is 10.6 Å². The van der Waals surface area contributed by atoms with Gasteiger partial charge in [-0.05, 0) is 31.4 Å². The van der Waals surface area contributed by atoms with Crippen LogP contribution in [0.5, 0.6) is 0 Å². The second kappa shape index (κ2) is 8.62. The number of anilines is 1. The summed E-state index contributed by atoms with van der Waals surface area (Å²) in [6.07, 6.45) is 4.76. The van der Waals surface area contributed by atoms with E-state index in [1.165, 1.54) is 19.3 Å². The Bertz CT molecular complexity index is 429. The summed E-state index contributed by atoms with van der Waals surface area (Å²) in [5, 5.41) is 6.16. The zero-order valence-electron chi connectivity index (χ0n) is 13.3. The van der Waals surface area contributed by atoms with Crippen molar-refractivity contribution in [3.8, 4) is 0 Å². The van der Waals surface area contributed by atoms with Crippen molar-refractivity contribution in [2.24, 2.45) is 5.92 Å². The predicted molar refractivity (Wildman–Crippen MR) is 86.4 cm³/mol. The molecule has 1 atom stereocenters. The first-order chi connectivity index (χ1) is 9.62. The fraction of sp³-hybridized carbons (Fsp3) is 0.588. The summed E-state index contributed by atoms with van der Waals surface area (Å²) in [5.74, 6) is 0.606. The molecule has 0 heterocycles. The Balaban J connectivity index is 2.64. The van der Waals surface area contributed by atoms with Crippen LogP contribution in [0.15, 0.2) is 18.2 Å². The van der Waals surface area contributed by atoms with Gasteiger partial charge in [0.2, 0.25) is 0 Å². The Morgan fingerprint density at radius 1 is 1.30 bits per heavy atom. The fourth-order valence-electron chi connectivity index (χ4n) is 2.34. The molecule has 0 saturated carbocycles. The minimum Gasteiger partial charge on any atom is -0.387 e. The highest BCUT2D eigenvalue weighted by atomic mass is 16.1. The number of amides is 1. The monoisotopic (exact) mass is 276 g/mol. The number of nitrogens with one attached hydrogen (secondary N) is 2. The summed E-state index contributed by atoms with van der Waals surface area (Å²) >= 11 is 0.